The van der Waals surface area contributed by atoms with Crippen molar-refractivity contribution in [3.63, 3.8) is 0 Å². The molecule has 4 rings (SSSR count). The second-order valence-electron chi connectivity index (χ2n) is 8.50. The van der Waals surface area contributed by atoms with Gasteiger partial charge in [-0.1, -0.05) is 29.8 Å². The molecule has 0 atom stereocenters. The predicted octanol–water partition coefficient (Wildman–Crippen LogP) is 4.97. The summed E-state index contributed by atoms with van der Waals surface area (Å²) in [4.78, 5) is 51.2. The molecule has 0 bridgehead atoms. The Balaban J connectivity index is 1.32. The number of ether oxygens (including phenoxy) is 2. The van der Waals surface area contributed by atoms with E-state index < -0.39 is 36.9 Å². The topological polar surface area (TPSA) is 111 Å². The first kappa shape index (κ1) is 26.1. The van der Waals surface area contributed by atoms with Gasteiger partial charge >= 0.3 is 11.9 Å². The van der Waals surface area contributed by atoms with Gasteiger partial charge in [-0.2, -0.15) is 0 Å². The van der Waals surface area contributed by atoms with Crippen molar-refractivity contribution >= 4 is 73.1 Å². The number of amides is 2. The highest BCUT2D eigenvalue weighted by atomic mass is 35.5. The number of hydrogen-bond acceptors (Lipinski definition) is 8. The smallest absolute Gasteiger partial charge is 0.341 e. The summed E-state index contributed by atoms with van der Waals surface area (Å²) in [5, 5.41) is 6.65. The van der Waals surface area contributed by atoms with Crippen LogP contribution in [0.5, 0.6) is 0 Å². The van der Waals surface area contributed by atoms with Crippen LogP contribution in [0.2, 0.25) is 5.02 Å². The number of benzene rings is 1. The third-order valence-electron chi connectivity index (χ3n) is 5.47. The standard InChI is InChI=1S/C25H25ClN2O6S2/c1-13(2)34-25(32)20-14-7-3-5-9-16(14)36-24(20)28-18(29)12-33-19(30)11-27-23(31)22-21(26)15-8-4-6-10-17(15)35-22/h4,6,8,10,13H,3,5,7,9,11-12H2,1-2H3,(H,27,31)(H,28,29). The number of anilines is 1. The highest BCUT2D eigenvalue weighted by molar-refractivity contribution is 7.21. The van der Waals surface area contributed by atoms with E-state index in [-0.39, 0.29) is 6.10 Å². The molecule has 2 heterocycles. The first-order valence-electron chi connectivity index (χ1n) is 11.5. The van der Waals surface area contributed by atoms with E-state index in [0.717, 1.165) is 46.2 Å². The van der Waals surface area contributed by atoms with Crippen molar-refractivity contribution in [1.29, 1.82) is 0 Å². The van der Waals surface area contributed by atoms with Gasteiger partial charge in [-0.15, -0.1) is 22.7 Å². The van der Waals surface area contributed by atoms with Crippen LogP contribution in [0.1, 0.15) is 57.2 Å². The van der Waals surface area contributed by atoms with Crippen LogP contribution in [0.3, 0.4) is 0 Å². The molecule has 0 saturated carbocycles. The molecule has 36 heavy (non-hydrogen) atoms. The third-order valence-corrected chi connectivity index (χ3v) is 8.35. The number of fused-ring (bicyclic) bond motifs is 2. The van der Waals surface area contributed by atoms with Gasteiger partial charge in [-0.25, -0.2) is 4.79 Å². The fourth-order valence-corrected chi connectivity index (χ4v) is 6.62. The number of nitrogens with one attached hydrogen (secondary N) is 2. The largest absolute Gasteiger partial charge is 0.459 e. The average Bonchev–Trinajstić information content (AvgIpc) is 3.38. The summed E-state index contributed by atoms with van der Waals surface area (Å²) in [5.74, 6) is -2.33. The molecule has 0 unspecified atom stereocenters. The molecule has 190 valence electrons. The molecule has 2 amide bonds. The molecule has 0 spiro atoms. The van der Waals surface area contributed by atoms with Gasteiger partial charge in [0.05, 0.1) is 16.7 Å². The Morgan fingerprint density at radius 3 is 2.58 bits per heavy atom. The Bertz CT molecular complexity index is 1330. The lowest BCUT2D eigenvalue weighted by atomic mass is 9.95. The number of rotatable bonds is 8. The van der Waals surface area contributed by atoms with Gasteiger partial charge in [0.15, 0.2) is 6.61 Å². The quantitative estimate of drug-likeness (QED) is 0.384. The SMILES string of the molecule is CC(C)OC(=O)c1c(NC(=O)COC(=O)CNC(=O)c2sc3ccccc3c2Cl)sc2c1CCCC2. The molecule has 1 aliphatic rings. The van der Waals surface area contributed by atoms with E-state index in [2.05, 4.69) is 10.6 Å². The van der Waals surface area contributed by atoms with Crippen molar-refractivity contribution in [2.45, 2.75) is 45.6 Å². The number of carbonyl (C=O) groups excluding carboxylic acids is 4. The lowest BCUT2D eigenvalue weighted by Gasteiger charge is -2.14. The van der Waals surface area contributed by atoms with Gasteiger partial charge in [0.25, 0.3) is 11.8 Å². The third kappa shape index (κ3) is 5.88. The van der Waals surface area contributed by atoms with Crippen molar-refractivity contribution in [2.75, 3.05) is 18.5 Å². The predicted molar refractivity (Wildman–Crippen MR) is 140 cm³/mol. The maximum absolute atomic E-state index is 12.7. The van der Waals surface area contributed by atoms with E-state index in [1.807, 2.05) is 24.3 Å². The number of aryl methyl sites for hydroxylation is 1. The molecule has 1 aromatic carbocycles. The second-order valence-corrected chi connectivity index (χ2v) is 11.0. The molecule has 0 saturated heterocycles. The summed E-state index contributed by atoms with van der Waals surface area (Å²) in [6, 6.07) is 7.34. The molecule has 11 heteroatoms. The zero-order chi connectivity index (χ0) is 25.8. The van der Waals surface area contributed by atoms with Gasteiger partial charge in [0, 0.05) is 15.0 Å². The van der Waals surface area contributed by atoms with E-state index in [9.17, 15) is 19.2 Å². The van der Waals surface area contributed by atoms with Crippen LogP contribution < -0.4 is 10.6 Å². The van der Waals surface area contributed by atoms with E-state index in [1.165, 1.54) is 22.7 Å². The molecular formula is C25H25ClN2O6S2. The van der Waals surface area contributed by atoms with Crippen molar-refractivity contribution in [3.05, 3.63) is 50.2 Å². The minimum Gasteiger partial charge on any atom is -0.459 e. The molecule has 0 aliphatic heterocycles. The fraction of sp³-hybridized carbons (Fsp3) is 0.360. The van der Waals surface area contributed by atoms with E-state index in [0.29, 0.717) is 20.5 Å². The Hall–Kier alpha value is -2.95. The minimum atomic E-state index is -0.777. The van der Waals surface area contributed by atoms with Crippen LogP contribution in [-0.2, 0) is 31.9 Å². The molecule has 0 fully saturated rings. The minimum absolute atomic E-state index is 0.293. The zero-order valence-electron chi connectivity index (χ0n) is 19.8. The van der Waals surface area contributed by atoms with Crippen molar-refractivity contribution in [1.82, 2.24) is 5.32 Å². The Morgan fingerprint density at radius 2 is 1.83 bits per heavy atom. The first-order chi connectivity index (χ1) is 17.2. The van der Waals surface area contributed by atoms with Crippen LogP contribution in [0.25, 0.3) is 10.1 Å². The van der Waals surface area contributed by atoms with E-state index in [1.54, 1.807) is 13.8 Å². The van der Waals surface area contributed by atoms with Gasteiger partial charge in [0.1, 0.15) is 16.4 Å². The molecule has 2 N–H and O–H groups in total. The van der Waals surface area contributed by atoms with Crippen LogP contribution in [-0.4, -0.2) is 43.0 Å². The van der Waals surface area contributed by atoms with Crippen LogP contribution in [0.4, 0.5) is 5.00 Å². The number of hydrogen-bond donors (Lipinski definition) is 2. The normalized spacial score (nSPS) is 12.8. The van der Waals surface area contributed by atoms with Gasteiger partial charge in [0.2, 0.25) is 0 Å². The summed E-state index contributed by atoms with van der Waals surface area (Å²) in [6.45, 7) is 2.55. The summed E-state index contributed by atoms with van der Waals surface area (Å²) in [7, 11) is 0. The molecule has 3 aromatic rings. The van der Waals surface area contributed by atoms with E-state index >= 15 is 0 Å². The van der Waals surface area contributed by atoms with Gasteiger partial charge < -0.3 is 20.1 Å². The number of thiophene rings is 2. The zero-order valence-corrected chi connectivity index (χ0v) is 22.2. The maximum atomic E-state index is 12.7. The highest BCUT2D eigenvalue weighted by Gasteiger charge is 2.28. The first-order valence-corrected chi connectivity index (χ1v) is 13.5. The monoisotopic (exact) mass is 548 g/mol. The number of halogens is 1. The molecular weight excluding hydrogens is 524 g/mol. The molecule has 8 nitrogen and oxygen atoms in total. The highest BCUT2D eigenvalue weighted by Crippen LogP contribution is 2.39. The average molecular weight is 549 g/mol. The second kappa shape index (κ2) is 11.4. The lowest BCUT2D eigenvalue weighted by molar-refractivity contribution is -0.146. The van der Waals surface area contributed by atoms with Crippen molar-refractivity contribution in [3.8, 4) is 0 Å². The van der Waals surface area contributed by atoms with Gasteiger partial charge in [-0.3, -0.25) is 14.4 Å². The number of esters is 2. The summed E-state index contributed by atoms with van der Waals surface area (Å²) >= 11 is 8.87. The van der Waals surface area contributed by atoms with Gasteiger partial charge in [-0.05, 0) is 51.2 Å². The van der Waals surface area contributed by atoms with Crippen LogP contribution in [0.15, 0.2) is 24.3 Å². The summed E-state index contributed by atoms with van der Waals surface area (Å²) in [5.41, 5.74) is 1.31. The molecule has 2 aromatic heterocycles. The maximum Gasteiger partial charge on any atom is 0.341 e. The Kier molecular flexibility index (Phi) is 8.28. The van der Waals surface area contributed by atoms with E-state index in [4.69, 9.17) is 21.1 Å². The number of carbonyl (C=O) groups is 4. The lowest BCUT2D eigenvalue weighted by Crippen LogP contribution is -2.32. The summed E-state index contributed by atoms with van der Waals surface area (Å²) in [6.07, 6.45) is 3.29. The fourth-order valence-electron chi connectivity index (χ4n) is 3.90. The summed E-state index contributed by atoms with van der Waals surface area (Å²) < 4.78 is 11.3. The Labute approximate surface area is 220 Å². The molecule has 0 radical (unpaired) electrons. The Morgan fingerprint density at radius 1 is 1.08 bits per heavy atom. The van der Waals surface area contributed by atoms with Crippen molar-refractivity contribution < 1.29 is 28.7 Å². The van der Waals surface area contributed by atoms with Crippen LogP contribution >= 0.6 is 34.3 Å². The molecule has 1 aliphatic carbocycles. The van der Waals surface area contributed by atoms with Crippen molar-refractivity contribution in [2.24, 2.45) is 0 Å². The van der Waals surface area contributed by atoms with Crippen LogP contribution in [0, 0.1) is 0 Å².